The molecule has 1 aliphatic heterocycles. The Morgan fingerprint density at radius 1 is 1.00 bits per heavy atom. The highest BCUT2D eigenvalue weighted by Gasteiger charge is 2.45. The van der Waals surface area contributed by atoms with Gasteiger partial charge in [-0.25, -0.2) is 4.79 Å². The zero-order chi connectivity index (χ0) is 20.9. The topological polar surface area (TPSA) is 58.6 Å². The van der Waals surface area contributed by atoms with Crippen molar-refractivity contribution >= 4 is 17.6 Å². The molecule has 2 aliphatic rings. The molecular formula is C25H28N2O3. The van der Waals surface area contributed by atoms with Crippen molar-refractivity contribution < 1.29 is 14.3 Å². The Hall–Kier alpha value is -3.08. The SMILES string of the molecule is CCOC(=O)C1=C(NC2CCCCC2)C(=O)N(c2ccccc2)C1c1ccccc1. The van der Waals surface area contributed by atoms with Gasteiger partial charge in [0.2, 0.25) is 0 Å². The first kappa shape index (κ1) is 20.2. The molecule has 0 saturated heterocycles. The number of anilines is 1. The number of carbonyl (C=O) groups is 2. The first-order valence-corrected chi connectivity index (χ1v) is 10.8. The third kappa shape index (κ3) is 3.97. The van der Waals surface area contributed by atoms with Crippen molar-refractivity contribution in [3.63, 3.8) is 0 Å². The van der Waals surface area contributed by atoms with Crippen LogP contribution < -0.4 is 10.2 Å². The van der Waals surface area contributed by atoms with Gasteiger partial charge in [-0.1, -0.05) is 67.8 Å². The molecule has 2 aromatic rings. The minimum Gasteiger partial charge on any atom is -0.463 e. The largest absolute Gasteiger partial charge is 0.463 e. The van der Waals surface area contributed by atoms with Gasteiger partial charge in [0.25, 0.3) is 5.91 Å². The molecule has 1 aliphatic carbocycles. The summed E-state index contributed by atoms with van der Waals surface area (Å²) >= 11 is 0. The third-order valence-electron chi connectivity index (χ3n) is 5.83. The van der Waals surface area contributed by atoms with Gasteiger partial charge in [0.15, 0.2) is 0 Å². The fourth-order valence-electron chi connectivity index (χ4n) is 4.44. The summed E-state index contributed by atoms with van der Waals surface area (Å²) in [6.07, 6.45) is 5.51. The van der Waals surface area contributed by atoms with Crippen molar-refractivity contribution in [2.45, 2.75) is 51.1 Å². The lowest BCUT2D eigenvalue weighted by Gasteiger charge is -2.27. The summed E-state index contributed by atoms with van der Waals surface area (Å²) < 4.78 is 5.41. The summed E-state index contributed by atoms with van der Waals surface area (Å²) in [4.78, 5) is 28.5. The van der Waals surface area contributed by atoms with Crippen LogP contribution in [0.1, 0.15) is 50.6 Å². The van der Waals surface area contributed by atoms with Crippen molar-refractivity contribution in [3.05, 3.63) is 77.5 Å². The molecule has 1 N–H and O–H groups in total. The van der Waals surface area contributed by atoms with Gasteiger partial charge in [0.05, 0.1) is 18.2 Å². The average molecular weight is 405 g/mol. The van der Waals surface area contributed by atoms with Crippen LogP contribution in [0.25, 0.3) is 0 Å². The van der Waals surface area contributed by atoms with Crippen molar-refractivity contribution in [3.8, 4) is 0 Å². The second-order valence-corrected chi connectivity index (χ2v) is 7.81. The predicted octanol–water partition coefficient (Wildman–Crippen LogP) is 4.51. The van der Waals surface area contributed by atoms with E-state index in [4.69, 9.17) is 4.74 Å². The Morgan fingerprint density at radius 3 is 2.27 bits per heavy atom. The van der Waals surface area contributed by atoms with Gasteiger partial charge < -0.3 is 10.1 Å². The maximum absolute atomic E-state index is 13.7. The number of nitrogens with zero attached hydrogens (tertiary/aromatic N) is 1. The van der Waals surface area contributed by atoms with Gasteiger partial charge in [-0.05, 0) is 37.5 Å². The number of hydrogen-bond donors (Lipinski definition) is 1. The van der Waals surface area contributed by atoms with Gasteiger partial charge in [0.1, 0.15) is 5.70 Å². The number of para-hydroxylation sites is 1. The monoisotopic (exact) mass is 404 g/mol. The van der Waals surface area contributed by atoms with Crippen LogP contribution in [-0.4, -0.2) is 24.5 Å². The number of amides is 1. The number of esters is 1. The fraction of sp³-hybridized carbons (Fsp3) is 0.360. The molecule has 1 atom stereocenters. The molecule has 2 aromatic carbocycles. The maximum Gasteiger partial charge on any atom is 0.338 e. The standard InChI is InChI=1S/C25H28N2O3/c1-2-30-25(29)21-22(26-19-14-8-4-9-15-19)24(28)27(20-16-10-5-11-17-20)23(21)18-12-6-3-7-13-18/h3,5-7,10-13,16-17,19,23,26H,2,4,8-9,14-15H2,1H3. The van der Waals surface area contributed by atoms with E-state index in [1.54, 1.807) is 11.8 Å². The highest BCUT2D eigenvalue weighted by Crippen LogP contribution is 2.41. The minimum atomic E-state index is -0.522. The number of rotatable bonds is 6. The Morgan fingerprint density at radius 2 is 1.63 bits per heavy atom. The third-order valence-corrected chi connectivity index (χ3v) is 5.83. The second kappa shape index (κ2) is 9.16. The Kier molecular flexibility index (Phi) is 6.17. The van der Waals surface area contributed by atoms with Crippen LogP contribution >= 0.6 is 0 Å². The van der Waals surface area contributed by atoms with E-state index in [9.17, 15) is 9.59 Å². The van der Waals surface area contributed by atoms with E-state index in [1.807, 2.05) is 60.7 Å². The lowest BCUT2D eigenvalue weighted by Crippen LogP contribution is -2.37. The van der Waals surface area contributed by atoms with E-state index in [2.05, 4.69) is 5.32 Å². The molecule has 0 bridgehead atoms. The summed E-state index contributed by atoms with van der Waals surface area (Å²) in [5.41, 5.74) is 2.44. The van der Waals surface area contributed by atoms with Gasteiger partial charge >= 0.3 is 5.97 Å². The highest BCUT2D eigenvalue weighted by molar-refractivity contribution is 6.16. The molecular weight excluding hydrogens is 376 g/mol. The summed E-state index contributed by atoms with van der Waals surface area (Å²) in [5, 5.41) is 3.44. The quantitative estimate of drug-likeness (QED) is 0.720. The van der Waals surface area contributed by atoms with E-state index in [0.717, 1.165) is 36.9 Å². The number of ether oxygens (including phenoxy) is 1. The molecule has 156 valence electrons. The van der Waals surface area contributed by atoms with Crippen molar-refractivity contribution in [1.29, 1.82) is 0 Å². The minimum absolute atomic E-state index is 0.177. The first-order chi connectivity index (χ1) is 14.7. The van der Waals surface area contributed by atoms with Crippen LogP contribution in [0.2, 0.25) is 0 Å². The number of carbonyl (C=O) groups excluding carboxylic acids is 2. The normalized spacial score (nSPS) is 19.8. The van der Waals surface area contributed by atoms with E-state index >= 15 is 0 Å². The molecule has 1 heterocycles. The lowest BCUT2D eigenvalue weighted by molar-refractivity contribution is -0.138. The molecule has 30 heavy (non-hydrogen) atoms. The van der Waals surface area contributed by atoms with E-state index < -0.39 is 12.0 Å². The Labute approximate surface area is 177 Å². The molecule has 0 aromatic heterocycles. The van der Waals surface area contributed by atoms with Crippen LogP contribution in [0.5, 0.6) is 0 Å². The summed E-state index contributed by atoms with van der Waals surface area (Å²) in [6.45, 7) is 2.05. The maximum atomic E-state index is 13.7. The number of nitrogens with one attached hydrogen (secondary N) is 1. The molecule has 0 radical (unpaired) electrons. The lowest BCUT2D eigenvalue weighted by atomic mass is 9.94. The van der Waals surface area contributed by atoms with E-state index in [0.29, 0.717) is 11.3 Å². The number of benzene rings is 2. The van der Waals surface area contributed by atoms with Crippen molar-refractivity contribution in [2.75, 3.05) is 11.5 Å². The molecule has 5 nitrogen and oxygen atoms in total. The average Bonchev–Trinajstić information content (AvgIpc) is 3.08. The van der Waals surface area contributed by atoms with Gasteiger partial charge in [-0.15, -0.1) is 0 Å². The fourth-order valence-corrected chi connectivity index (χ4v) is 4.44. The summed E-state index contributed by atoms with van der Waals surface area (Å²) in [5.74, 6) is -0.611. The van der Waals surface area contributed by atoms with Gasteiger partial charge in [0, 0.05) is 11.7 Å². The summed E-state index contributed by atoms with van der Waals surface area (Å²) in [7, 11) is 0. The van der Waals surface area contributed by atoms with Crippen molar-refractivity contribution in [2.24, 2.45) is 0 Å². The molecule has 4 rings (SSSR count). The van der Waals surface area contributed by atoms with Crippen LogP contribution in [0.15, 0.2) is 71.9 Å². The second-order valence-electron chi connectivity index (χ2n) is 7.81. The molecule has 1 saturated carbocycles. The molecule has 0 spiro atoms. The highest BCUT2D eigenvalue weighted by atomic mass is 16.5. The van der Waals surface area contributed by atoms with Crippen molar-refractivity contribution in [1.82, 2.24) is 5.32 Å². The molecule has 1 unspecified atom stereocenters. The zero-order valence-electron chi connectivity index (χ0n) is 17.3. The summed E-state index contributed by atoms with van der Waals surface area (Å²) in [6, 6.07) is 18.9. The molecule has 1 amide bonds. The number of hydrogen-bond acceptors (Lipinski definition) is 4. The van der Waals surface area contributed by atoms with E-state index in [1.165, 1.54) is 6.42 Å². The predicted molar refractivity (Wildman–Crippen MR) is 117 cm³/mol. The molecule has 5 heteroatoms. The first-order valence-electron chi connectivity index (χ1n) is 10.8. The van der Waals surface area contributed by atoms with E-state index in [-0.39, 0.29) is 18.6 Å². The van der Waals surface area contributed by atoms with Crippen LogP contribution in [0.3, 0.4) is 0 Å². The van der Waals surface area contributed by atoms with Crippen LogP contribution in [-0.2, 0) is 14.3 Å². The zero-order valence-corrected chi connectivity index (χ0v) is 17.3. The van der Waals surface area contributed by atoms with Crippen LogP contribution in [0, 0.1) is 0 Å². The Bertz CT molecular complexity index is 918. The smallest absolute Gasteiger partial charge is 0.338 e. The van der Waals surface area contributed by atoms with Crippen LogP contribution in [0.4, 0.5) is 5.69 Å². The van der Waals surface area contributed by atoms with Gasteiger partial charge in [-0.2, -0.15) is 0 Å². The molecule has 1 fully saturated rings. The van der Waals surface area contributed by atoms with Gasteiger partial charge in [-0.3, -0.25) is 9.69 Å². The Balaban J connectivity index is 1.82.